The quantitative estimate of drug-likeness (QED) is 0.776. The Kier molecular flexibility index (Phi) is 3.90. The van der Waals surface area contributed by atoms with E-state index in [2.05, 4.69) is 33.4 Å². The Morgan fingerprint density at radius 2 is 2.00 bits per heavy atom. The molecule has 8 heteroatoms. The number of nitrogens with zero attached hydrogens (tertiary/aromatic N) is 4. The zero-order valence-electron chi connectivity index (χ0n) is 13.5. The summed E-state index contributed by atoms with van der Waals surface area (Å²) in [6, 6.07) is 2.05. The van der Waals surface area contributed by atoms with Crippen molar-refractivity contribution in [3.63, 3.8) is 0 Å². The first-order valence-corrected chi connectivity index (χ1v) is 9.59. The Morgan fingerprint density at radius 3 is 2.62 bits per heavy atom. The number of piperidine rings is 1. The number of likely N-dealkylation sites (tertiary alicyclic amines) is 1. The van der Waals surface area contributed by atoms with E-state index < -0.39 is 0 Å². The molecule has 1 unspecified atom stereocenters. The van der Waals surface area contributed by atoms with E-state index in [9.17, 15) is 9.90 Å². The topological polar surface area (TPSA) is 70.7 Å². The summed E-state index contributed by atoms with van der Waals surface area (Å²) in [7, 11) is 0. The maximum absolute atomic E-state index is 11.6. The van der Waals surface area contributed by atoms with E-state index in [1.165, 1.54) is 26.3 Å². The van der Waals surface area contributed by atoms with Crippen LogP contribution in [0.2, 0.25) is 0 Å². The van der Waals surface area contributed by atoms with Gasteiger partial charge in [0.2, 0.25) is 10.8 Å². The highest BCUT2D eigenvalue weighted by Crippen LogP contribution is 2.43. The average Bonchev–Trinajstić information content (AvgIpc) is 3.20. The molecule has 6 nitrogen and oxygen atoms in total. The predicted octanol–water partition coefficient (Wildman–Crippen LogP) is 2.93. The lowest BCUT2D eigenvalue weighted by atomic mass is 10.0. The summed E-state index contributed by atoms with van der Waals surface area (Å²) in [4.78, 5) is 21.1. The molecule has 0 saturated carbocycles. The van der Waals surface area contributed by atoms with Crippen molar-refractivity contribution < 1.29 is 9.90 Å². The van der Waals surface area contributed by atoms with Crippen LogP contribution in [0, 0.1) is 13.8 Å². The molecule has 1 aliphatic heterocycles. The number of thiophene rings is 1. The van der Waals surface area contributed by atoms with Crippen LogP contribution in [-0.4, -0.2) is 43.5 Å². The molecular weight excluding hydrogens is 344 g/mol. The van der Waals surface area contributed by atoms with E-state index >= 15 is 0 Å². The van der Waals surface area contributed by atoms with Crippen molar-refractivity contribution in [1.82, 2.24) is 19.5 Å². The largest absolute Gasteiger partial charge is 0.492 e. The van der Waals surface area contributed by atoms with Crippen LogP contribution in [0.25, 0.3) is 4.96 Å². The Labute approximate surface area is 147 Å². The zero-order chi connectivity index (χ0) is 16.8. The van der Waals surface area contributed by atoms with Gasteiger partial charge in [-0.2, -0.15) is 4.52 Å². The van der Waals surface area contributed by atoms with Crippen LogP contribution in [0.5, 0.6) is 5.88 Å². The molecule has 1 N–H and O–H groups in total. The molecule has 1 fully saturated rings. The third-order valence-corrected chi connectivity index (χ3v) is 6.57. The molecule has 1 atom stereocenters. The smallest absolute Gasteiger partial charge is 0.230 e. The minimum Gasteiger partial charge on any atom is -0.492 e. The van der Waals surface area contributed by atoms with E-state index in [1.807, 2.05) is 6.92 Å². The van der Waals surface area contributed by atoms with E-state index in [0.29, 0.717) is 42.5 Å². The molecule has 4 rings (SSSR count). The van der Waals surface area contributed by atoms with Crippen LogP contribution in [0.1, 0.15) is 40.0 Å². The number of rotatable bonds is 3. The molecule has 4 heterocycles. The van der Waals surface area contributed by atoms with Gasteiger partial charge in [0.25, 0.3) is 0 Å². The maximum Gasteiger partial charge on any atom is 0.230 e. The first-order valence-electron chi connectivity index (χ1n) is 7.89. The molecule has 24 heavy (non-hydrogen) atoms. The highest BCUT2D eigenvalue weighted by molar-refractivity contribution is 7.17. The molecule has 1 aliphatic rings. The monoisotopic (exact) mass is 362 g/mol. The average molecular weight is 362 g/mol. The molecule has 0 spiro atoms. The molecule has 0 aromatic carbocycles. The Morgan fingerprint density at radius 1 is 1.25 bits per heavy atom. The van der Waals surface area contributed by atoms with Gasteiger partial charge >= 0.3 is 0 Å². The summed E-state index contributed by atoms with van der Waals surface area (Å²) in [6.45, 7) is 5.34. The third kappa shape index (κ3) is 2.54. The predicted molar refractivity (Wildman–Crippen MR) is 94.0 cm³/mol. The summed E-state index contributed by atoms with van der Waals surface area (Å²) < 4.78 is 1.51. The lowest BCUT2D eigenvalue weighted by Crippen LogP contribution is -2.37. The summed E-state index contributed by atoms with van der Waals surface area (Å²) >= 11 is 3.16. The van der Waals surface area contributed by atoms with Gasteiger partial charge in [0.05, 0.1) is 10.9 Å². The van der Waals surface area contributed by atoms with Crippen molar-refractivity contribution in [3.05, 3.63) is 32.6 Å². The second-order valence-corrected chi connectivity index (χ2v) is 8.05. The van der Waals surface area contributed by atoms with Crippen molar-refractivity contribution in [2.75, 3.05) is 13.1 Å². The summed E-state index contributed by atoms with van der Waals surface area (Å²) in [5.41, 5.74) is 1.21. The molecule has 0 radical (unpaired) electrons. The van der Waals surface area contributed by atoms with E-state index in [4.69, 9.17) is 0 Å². The third-order valence-electron chi connectivity index (χ3n) is 4.42. The van der Waals surface area contributed by atoms with Crippen LogP contribution in [0.4, 0.5) is 0 Å². The van der Waals surface area contributed by atoms with Crippen LogP contribution in [0.3, 0.4) is 0 Å². The van der Waals surface area contributed by atoms with Crippen LogP contribution in [-0.2, 0) is 4.79 Å². The van der Waals surface area contributed by atoms with Crippen molar-refractivity contribution in [2.24, 2.45) is 0 Å². The number of hydrogen-bond acceptors (Lipinski definition) is 7. The summed E-state index contributed by atoms with van der Waals surface area (Å²) in [5, 5.41) is 17.1. The molecule has 3 aromatic rings. The SMILES string of the molecule is Cc1nc2sc(C(c3sccc3C)N3CCC(=O)CC3)c(O)n2n1. The number of hydrogen-bond donors (Lipinski definition) is 1. The van der Waals surface area contributed by atoms with Gasteiger partial charge in [-0.3, -0.25) is 9.69 Å². The number of thiazole rings is 1. The fourth-order valence-electron chi connectivity index (χ4n) is 3.17. The molecule has 1 saturated heterocycles. The number of fused-ring (bicyclic) bond motifs is 1. The van der Waals surface area contributed by atoms with Crippen molar-refractivity contribution in [3.8, 4) is 5.88 Å². The first kappa shape index (κ1) is 15.7. The number of aromatic hydroxyl groups is 1. The van der Waals surface area contributed by atoms with Gasteiger partial charge in [0.15, 0.2) is 0 Å². The minimum absolute atomic E-state index is 0.0492. The van der Waals surface area contributed by atoms with Gasteiger partial charge < -0.3 is 5.11 Å². The van der Waals surface area contributed by atoms with Gasteiger partial charge in [-0.05, 0) is 30.9 Å². The van der Waals surface area contributed by atoms with Crippen molar-refractivity contribution in [2.45, 2.75) is 32.7 Å². The van der Waals surface area contributed by atoms with Gasteiger partial charge in [-0.25, -0.2) is 4.98 Å². The molecule has 0 aliphatic carbocycles. The van der Waals surface area contributed by atoms with Crippen molar-refractivity contribution >= 4 is 33.4 Å². The lowest BCUT2D eigenvalue weighted by Gasteiger charge is -2.33. The number of aromatic nitrogens is 3. The zero-order valence-corrected chi connectivity index (χ0v) is 15.2. The van der Waals surface area contributed by atoms with Crippen molar-refractivity contribution in [1.29, 1.82) is 0 Å². The fourth-order valence-corrected chi connectivity index (χ4v) is 5.46. The standard InChI is InChI=1S/C16H18N4O2S2/c1-9-5-8-23-13(9)12(19-6-3-11(21)4-7-19)14-15(22)20-16(24-14)17-10(2)18-20/h5,8,12,22H,3-4,6-7H2,1-2H3. The Bertz CT molecular complexity index is 901. The molecule has 0 amide bonds. The molecular formula is C16H18N4O2S2. The van der Waals surface area contributed by atoms with Gasteiger partial charge in [0, 0.05) is 30.8 Å². The second-order valence-electron chi connectivity index (χ2n) is 6.09. The first-order chi connectivity index (χ1) is 11.5. The molecule has 126 valence electrons. The Balaban J connectivity index is 1.82. The van der Waals surface area contributed by atoms with Crippen LogP contribution < -0.4 is 0 Å². The van der Waals surface area contributed by atoms with Crippen LogP contribution >= 0.6 is 22.7 Å². The minimum atomic E-state index is -0.0492. The normalized spacial score (nSPS) is 17.7. The fraction of sp³-hybridized carbons (Fsp3) is 0.438. The number of Topliss-reactive ketones (excluding diaryl/α,β-unsaturated/α-hetero) is 1. The summed E-state index contributed by atoms with van der Waals surface area (Å²) in [5.74, 6) is 1.12. The molecule has 3 aromatic heterocycles. The Hall–Kier alpha value is -1.77. The van der Waals surface area contributed by atoms with Gasteiger partial charge in [-0.1, -0.05) is 11.3 Å². The summed E-state index contributed by atoms with van der Waals surface area (Å²) in [6.07, 6.45) is 1.14. The lowest BCUT2D eigenvalue weighted by molar-refractivity contribution is -0.121. The van der Waals surface area contributed by atoms with E-state index in [1.54, 1.807) is 11.3 Å². The number of ketones is 1. The number of carbonyl (C=O) groups excluding carboxylic acids is 1. The maximum atomic E-state index is 11.6. The second kappa shape index (κ2) is 5.94. The van der Waals surface area contributed by atoms with Gasteiger partial charge in [0.1, 0.15) is 11.6 Å². The van der Waals surface area contributed by atoms with E-state index in [-0.39, 0.29) is 11.9 Å². The molecule has 0 bridgehead atoms. The highest BCUT2D eigenvalue weighted by Gasteiger charge is 2.33. The van der Waals surface area contributed by atoms with Gasteiger partial charge in [-0.15, -0.1) is 16.4 Å². The number of carbonyl (C=O) groups is 1. The van der Waals surface area contributed by atoms with E-state index in [0.717, 1.165) is 4.88 Å². The van der Waals surface area contributed by atoms with Crippen LogP contribution in [0.15, 0.2) is 11.4 Å². The number of aryl methyl sites for hydroxylation is 2. The highest BCUT2D eigenvalue weighted by atomic mass is 32.1.